The normalized spacial score (nSPS) is 23.6. The number of alkyl halides is 1. The molecule has 0 radical (unpaired) electrons. The first-order valence-electron chi connectivity index (χ1n) is 5.99. The molecule has 94 valence electrons. The van der Waals surface area contributed by atoms with Gasteiger partial charge in [0, 0.05) is 18.5 Å². The van der Waals surface area contributed by atoms with Crippen LogP contribution in [0, 0.1) is 11.8 Å². The Morgan fingerprint density at radius 3 is 3.00 bits per heavy atom. The summed E-state index contributed by atoms with van der Waals surface area (Å²) in [6.07, 6.45) is 5.31. The molecular weight excluding hydrogens is 238 g/mol. The van der Waals surface area contributed by atoms with E-state index < -0.39 is 0 Å². The van der Waals surface area contributed by atoms with Crippen LogP contribution in [0.3, 0.4) is 0 Å². The van der Waals surface area contributed by atoms with Gasteiger partial charge in [0.25, 0.3) is 0 Å². The van der Waals surface area contributed by atoms with Gasteiger partial charge < -0.3 is 10.1 Å². The molecule has 0 bridgehead atoms. The van der Waals surface area contributed by atoms with Gasteiger partial charge in [0.15, 0.2) is 0 Å². The van der Waals surface area contributed by atoms with Crippen molar-refractivity contribution in [2.24, 2.45) is 11.8 Å². The third-order valence-corrected chi connectivity index (χ3v) is 3.81. The van der Waals surface area contributed by atoms with Crippen LogP contribution in [0.15, 0.2) is 12.4 Å². The number of nitrogens with zero attached hydrogens (tertiary/aromatic N) is 2. The molecule has 2 atom stereocenters. The zero-order chi connectivity index (χ0) is 12.1. The van der Waals surface area contributed by atoms with E-state index in [-0.39, 0.29) is 0 Å². The third-order valence-electron chi connectivity index (χ3n) is 3.41. The van der Waals surface area contributed by atoms with Gasteiger partial charge in [-0.25, -0.2) is 9.97 Å². The largest absolute Gasteiger partial charge is 0.481 e. The second kappa shape index (κ2) is 6.05. The maximum Gasteiger partial charge on any atom is 0.218 e. The molecule has 1 aromatic heterocycles. The Morgan fingerprint density at radius 2 is 2.24 bits per heavy atom. The molecule has 17 heavy (non-hydrogen) atoms. The molecule has 1 saturated carbocycles. The second-order valence-electron chi connectivity index (χ2n) is 4.43. The molecule has 1 N–H and O–H groups in total. The summed E-state index contributed by atoms with van der Waals surface area (Å²) in [7, 11) is 1.60. The minimum absolute atomic E-state index is 0.586. The lowest BCUT2D eigenvalue weighted by molar-refractivity contribution is 0.397. The van der Waals surface area contributed by atoms with E-state index >= 15 is 0 Å². The highest BCUT2D eigenvalue weighted by Crippen LogP contribution is 2.32. The number of ether oxygens (including phenoxy) is 1. The van der Waals surface area contributed by atoms with Crippen molar-refractivity contribution in [1.82, 2.24) is 9.97 Å². The highest BCUT2D eigenvalue weighted by Gasteiger charge is 2.26. The number of hydrogen-bond acceptors (Lipinski definition) is 4. The fraction of sp³-hybridized carbons (Fsp3) is 0.667. The Labute approximate surface area is 107 Å². The summed E-state index contributed by atoms with van der Waals surface area (Å²) < 4.78 is 5.06. The first-order valence-corrected chi connectivity index (χ1v) is 6.52. The maximum absolute atomic E-state index is 5.96. The number of rotatable bonds is 5. The minimum Gasteiger partial charge on any atom is -0.481 e. The lowest BCUT2D eigenvalue weighted by atomic mass is 9.98. The number of nitrogens with one attached hydrogen (secondary N) is 1. The van der Waals surface area contributed by atoms with Crippen molar-refractivity contribution in [3.63, 3.8) is 0 Å². The maximum atomic E-state index is 5.96. The van der Waals surface area contributed by atoms with Crippen molar-refractivity contribution in [1.29, 1.82) is 0 Å². The van der Waals surface area contributed by atoms with Crippen molar-refractivity contribution in [2.75, 3.05) is 24.9 Å². The van der Waals surface area contributed by atoms with E-state index in [0.717, 1.165) is 18.2 Å². The molecule has 1 fully saturated rings. The Kier molecular flexibility index (Phi) is 4.42. The fourth-order valence-corrected chi connectivity index (χ4v) is 2.78. The second-order valence-corrected chi connectivity index (χ2v) is 4.74. The molecule has 4 nitrogen and oxygen atoms in total. The molecule has 5 heteroatoms. The molecule has 1 heterocycles. The molecule has 0 aliphatic heterocycles. The van der Waals surface area contributed by atoms with Gasteiger partial charge in [0.1, 0.15) is 12.1 Å². The topological polar surface area (TPSA) is 47.0 Å². The highest BCUT2D eigenvalue weighted by atomic mass is 35.5. The standard InChI is InChI=1S/C12H18ClN3O/c1-17-12-5-11(15-8-16-12)14-7-10-4-2-3-9(10)6-13/h5,8-10H,2-4,6-7H2,1H3,(H,14,15,16). The van der Waals surface area contributed by atoms with Gasteiger partial charge in [0.2, 0.25) is 5.88 Å². The summed E-state index contributed by atoms with van der Waals surface area (Å²) in [5.74, 6) is 3.47. The molecule has 0 saturated heterocycles. The first-order chi connectivity index (χ1) is 8.33. The molecule has 2 rings (SSSR count). The predicted molar refractivity (Wildman–Crippen MR) is 68.6 cm³/mol. The summed E-state index contributed by atoms with van der Waals surface area (Å²) in [6.45, 7) is 0.928. The Bertz CT molecular complexity index is 361. The highest BCUT2D eigenvalue weighted by molar-refractivity contribution is 6.18. The van der Waals surface area contributed by atoms with Gasteiger partial charge in [-0.1, -0.05) is 6.42 Å². The van der Waals surface area contributed by atoms with E-state index in [2.05, 4.69) is 15.3 Å². The molecule has 1 aliphatic carbocycles. The molecule has 2 unspecified atom stereocenters. The summed E-state index contributed by atoms with van der Waals surface area (Å²) in [5.41, 5.74) is 0. The fourth-order valence-electron chi connectivity index (χ4n) is 2.37. The molecule has 1 aromatic rings. The van der Waals surface area contributed by atoms with Crippen LogP contribution in [-0.2, 0) is 0 Å². The van der Waals surface area contributed by atoms with E-state index in [1.165, 1.54) is 25.6 Å². The SMILES string of the molecule is COc1cc(NCC2CCCC2CCl)ncn1. The van der Waals surface area contributed by atoms with Crippen LogP contribution in [0.5, 0.6) is 5.88 Å². The molecule has 0 spiro atoms. The third kappa shape index (κ3) is 3.22. The smallest absolute Gasteiger partial charge is 0.218 e. The van der Waals surface area contributed by atoms with Crippen LogP contribution in [0.1, 0.15) is 19.3 Å². The van der Waals surface area contributed by atoms with Gasteiger partial charge >= 0.3 is 0 Å². The quantitative estimate of drug-likeness (QED) is 0.822. The van der Waals surface area contributed by atoms with Crippen molar-refractivity contribution in [2.45, 2.75) is 19.3 Å². The Hall–Kier alpha value is -1.03. The zero-order valence-corrected chi connectivity index (χ0v) is 10.8. The lowest BCUT2D eigenvalue weighted by Crippen LogP contribution is -2.19. The van der Waals surface area contributed by atoms with Crippen molar-refractivity contribution >= 4 is 17.4 Å². The minimum atomic E-state index is 0.586. The van der Waals surface area contributed by atoms with Gasteiger partial charge in [-0.05, 0) is 24.7 Å². The number of hydrogen-bond donors (Lipinski definition) is 1. The lowest BCUT2D eigenvalue weighted by Gasteiger charge is -2.17. The van der Waals surface area contributed by atoms with E-state index in [0.29, 0.717) is 17.7 Å². The number of aromatic nitrogens is 2. The Balaban J connectivity index is 1.88. The summed E-state index contributed by atoms with van der Waals surface area (Å²) >= 11 is 5.96. The molecule has 1 aliphatic rings. The van der Waals surface area contributed by atoms with Gasteiger partial charge in [0.05, 0.1) is 7.11 Å². The van der Waals surface area contributed by atoms with Crippen LogP contribution in [0.4, 0.5) is 5.82 Å². The molecule has 0 aromatic carbocycles. The molecular formula is C12H18ClN3O. The van der Waals surface area contributed by atoms with Crippen LogP contribution in [0.2, 0.25) is 0 Å². The van der Waals surface area contributed by atoms with Gasteiger partial charge in [-0.3, -0.25) is 0 Å². The average molecular weight is 256 g/mol. The van der Waals surface area contributed by atoms with Crippen molar-refractivity contribution in [3.8, 4) is 5.88 Å². The monoisotopic (exact) mass is 255 g/mol. The average Bonchev–Trinajstić information content (AvgIpc) is 2.84. The number of methoxy groups -OCH3 is 1. The summed E-state index contributed by atoms with van der Waals surface area (Å²) in [5, 5.41) is 3.34. The van der Waals surface area contributed by atoms with Gasteiger partial charge in [-0.2, -0.15) is 0 Å². The first kappa shape index (κ1) is 12.4. The van der Waals surface area contributed by atoms with Crippen LogP contribution in [0.25, 0.3) is 0 Å². The van der Waals surface area contributed by atoms with E-state index in [1.807, 2.05) is 6.07 Å². The van der Waals surface area contributed by atoms with Crippen LogP contribution >= 0.6 is 11.6 Å². The van der Waals surface area contributed by atoms with Crippen LogP contribution < -0.4 is 10.1 Å². The van der Waals surface area contributed by atoms with Crippen molar-refractivity contribution < 1.29 is 4.74 Å². The van der Waals surface area contributed by atoms with E-state index in [1.54, 1.807) is 7.11 Å². The number of halogens is 1. The van der Waals surface area contributed by atoms with E-state index in [9.17, 15) is 0 Å². The molecule has 0 amide bonds. The zero-order valence-electron chi connectivity index (χ0n) is 10.0. The summed E-state index contributed by atoms with van der Waals surface area (Å²) in [6, 6.07) is 1.81. The Morgan fingerprint density at radius 1 is 1.41 bits per heavy atom. The van der Waals surface area contributed by atoms with Gasteiger partial charge in [-0.15, -0.1) is 11.6 Å². The van der Waals surface area contributed by atoms with Crippen molar-refractivity contribution in [3.05, 3.63) is 12.4 Å². The summed E-state index contributed by atoms with van der Waals surface area (Å²) in [4.78, 5) is 8.14. The van der Waals surface area contributed by atoms with Crippen LogP contribution in [-0.4, -0.2) is 29.5 Å². The predicted octanol–water partition coefficient (Wildman–Crippen LogP) is 2.55. The van der Waals surface area contributed by atoms with E-state index in [4.69, 9.17) is 16.3 Å². The number of anilines is 1.